The molecule has 6 heteroatoms. The second-order valence-corrected chi connectivity index (χ2v) is 6.44. The van der Waals surface area contributed by atoms with Crippen LogP contribution in [0.3, 0.4) is 0 Å². The van der Waals surface area contributed by atoms with Crippen LogP contribution >= 0.6 is 0 Å². The average molecular weight is 341 g/mol. The van der Waals surface area contributed by atoms with Crippen molar-refractivity contribution in [2.45, 2.75) is 13.0 Å². The highest BCUT2D eigenvalue weighted by molar-refractivity contribution is 5.53. The molecule has 1 saturated heterocycles. The van der Waals surface area contributed by atoms with Gasteiger partial charge in [0.05, 0.1) is 11.0 Å². The highest BCUT2D eigenvalue weighted by atomic mass is 16.6. The van der Waals surface area contributed by atoms with Gasteiger partial charge in [-0.2, -0.15) is 0 Å². The van der Waals surface area contributed by atoms with Crippen LogP contribution in [0.1, 0.15) is 17.2 Å². The van der Waals surface area contributed by atoms with Crippen molar-refractivity contribution in [3.05, 3.63) is 69.8 Å². The Kier molecular flexibility index (Phi) is 5.31. The molecular formula is C19H23N3O3. The summed E-state index contributed by atoms with van der Waals surface area (Å²) in [4.78, 5) is 15.0. The summed E-state index contributed by atoms with van der Waals surface area (Å²) in [7, 11) is 0. The lowest BCUT2D eigenvalue weighted by molar-refractivity contribution is -0.385. The van der Waals surface area contributed by atoms with Crippen LogP contribution in [-0.2, 0) is 0 Å². The van der Waals surface area contributed by atoms with Crippen molar-refractivity contribution in [2.24, 2.45) is 0 Å². The van der Waals surface area contributed by atoms with Crippen molar-refractivity contribution in [3.63, 3.8) is 0 Å². The third kappa shape index (κ3) is 4.15. The van der Waals surface area contributed by atoms with Gasteiger partial charge in [0.25, 0.3) is 5.69 Å². The molecule has 2 aromatic carbocycles. The zero-order valence-corrected chi connectivity index (χ0v) is 14.3. The number of hydrogen-bond acceptors (Lipinski definition) is 5. The van der Waals surface area contributed by atoms with Gasteiger partial charge in [-0.1, -0.05) is 30.3 Å². The molecule has 1 heterocycles. The van der Waals surface area contributed by atoms with Gasteiger partial charge >= 0.3 is 0 Å². The maximum atomic E-state index is 10.9. The van der Waals surface area contributed by atoms with Crippen molar-refractivity contribution in [1.29, 1.82) is 0 Å². The number of benzene rings is 2. The molecule has 0 bridgehead atoms. The van der Waals surface area contributed by atoms with E-state index in [2.05, 4.69) is 34.9 Å². The highest BCUT2D eigenvalue weighted by Crippen LogP contribution is 2.23. The molecule has 0 radical (unpaired) electrons. The van der Waals surface area contributed by atoms with E-state index in [0.29, 0.717) is 12.1 Å². The largest absolute Gasteiger partial charge is 0.387 e. The van der Waals surface area contributed by atoms with Crippen LogP contribution < -0.4 is 4.90 Å². The van der Waals surface area contributed by atoms with E-state index >= 15 is 0 Å². The number of para-hydroxylation sites is 1. The number of rotatable bonds is 5. The third-order valence-electron chi connectivity index (χ3n) is 4.73. The Hall–Kier alpha value is -2.44. The topological polar surface area (TPSA) is 69.8 Å². The minimum atomic E-state index is -0.718. The van der Waals surface area contributed by atoms with Gasteiger partial charge in [-0.05, 0) is 24.1 Å². The number of nitrogens with zero attached hydrogens (tertiary/aromatic N) is 3. The molecule has 1 atom stereocenters. The number of aliphatic hydroxyl groups excluding tert-OH is 1. The molecule has 0 saturated carbocycles. The van der Waals surface area contributed by atoms with Crippen LogP contribution in [0.4, 0.5) is 11.4 Å². The maximum absolute atomic E-state index is 10.9. The number of non-ortho nitro benzene ring substituents is 1. The first-order valence-corrected chi connectivity index (χ1v) is 8.50. The molecule has 0 spiro atoms. The monoisotopic (exact) mass is 341 g/mol. The smallest absolute Gasteiger partial charge is 0.269 e. The molecule has 132 valence electrons. The SMILES string of the molecule is Cc1ccccc1N1CCN(CC(O)c2cccc([N+](=O)[O-])c2)CC1. The van der Waals surface area contributed by atoms with Crippen LogP contribution in [0.15, 0.2) is 48.5 Å². The molecule has 3 rings (SSSR count). The fourth-order valence-corrected chi connectivity index (χ4v) is 3.29. The summed E-state index contributed by atoms with van der Waals surface area (Å²) < 4.78 is 0. The predicted molar refractivity (Wildman–Crippen MR) is 97.9 cm³/mol. The van der Waals surface area contributed by atoms with E-state index in [1.54, 1.807) is 12.1 Å². The second kappa shape index (κ2) is 7.63. The van der Waals surface area contributed by atoms with Crippen LogP contribution in [0.2, 0.25) is 0 Å². The lowest BCUT2D eigenvalue weighted by Gasteiger charge is -2.37. The van der Waals surface area contributed by atoms with E-state index in [0.717, 1.165) is 26.2 Å². The fraction of sp³-hybridized carbons (Fsp3) is 0.368. The molecule has 0 aliphatic carbocycles. The van der Waals surface area contributed by atoms with Crippen LogP contribution in [-0.4, -0.2) is 47.7 Å². The Balaban J connectivity index is 1.58. The Morgan fingerprint density at radius 3 is 2.52 bits per heavy atom. The summed E-state index contributed by atoms with van der Waals surface area (Å²) in [6.45, 7) is 6.15. The summed E-state index contributed by atoms with van der Waals surface area (Å²) >= 11 is 0. The number of aliphatic hydroxyl groups is 1. The van der Waals surface area contributed by atoms with Gasteiger partial charge in [0.1, 0.15) is 0 Å². The molecule has 2 aromatic rings. The summed E-state index contributed by atoms with van der Waals surface area (Å²) in [5.74, 6) is 0. The number of piperazine rings is 1. The normalized spacial score (nSPS) is 16.6. The van der Waals surface area contributed by atoms with E-state index in [-0.39, 0.29) is 5.69 Å². The van der Waals surface area contributed by atoms with Crippen molar-refractivity contribution in [2.75, 3.05) is 37.6 Å². The van der Waals surface area contributed by atoms with Gasteiger partial charge in [-0.25, -0.2) is 0 Å². The predicted octanol–water partition coefficient (Wildman–Crippen LogP) is 2.76. The standard InChI is InChI=1S/C19H23N3O3/c1-15-5-2-3-8-18(15)21-11-9-20(10-12-21)14-19(23)16-6-4-7-17(13-16)22(24)25/h2-8,13,19,23H,9-12,14H2,1H3. The lowest BCUT2D eigenvalue weighted by atomic mass is 10.1. The fourth-order valence-electron chi connectivity index (χ4n) is 3.29. The molecule has 6 nitrogen and oxygen atoms in total. The first-order valence-electron chi connectivity index (χ1n) is 8.50. The van der Waals surface area contributed by atoms with Crippen molar-refractivity contribution < 1.29 is 10.0 Å². The molecule has 0 aromatic heterocycles. The minimum Gasteiger partial charge on any atom is -0.387 e. The van der Waals surface area contributed by atoms with Crippen LogP contribution in [0.5, 0.6) is 0 Å². The maximum Gasteiger partial charge on any atom is 0.269 e. The summed E-state index contributed by atoms with van der Waals surface area (Å²) in [5.41, 5.74) is 3.14. The molecule has 1 N–H and O–H groups in total. The molecule has 1 fully saturated rings. The van der Waals surface area contributed by atoms with Gasteiger partial charge in [-0.3, -0.25) is 15.0 Å². The zero-order chi connectivity index (χ0) is 17.8. The van der Waals surface area contributed by atoms with E-state index in [1.165, 1.54) is 23.4 Å². The molecular weight excluding hydrogens is 318 g/mol. The van der Waals surface area contributed by atoms with Gasteiger partial charge < -0.3 is 10.0 Å². The average Bonchev–Trinajstić information content (AvgIpc) is 2.63. The number of nitro groups is 1. The molecule has 1 aliphatic heterocycles. The van der Waals surface area contributed by atoms with Crippen molar-refractivity contribution in [1.82, 2.24) is 4.90 Å². The highest BCUT2D eigenvalue weighted by Gasteiger charge is 2.21. The van der Waals surface area contributed by atoms with Gasteiger partial charge in [0.2, 0.25) is 0 Å². The Labute approximate surface area is 147 Å². The quantitative estimate of drug-likeness (QED) is 0.669. The minimum absolute atomic E-state index is 0.0147. The first-order chi connectivity index (χ1) is 12.0. The van der Waals surface area contributed by atoms with E-state index in [4.69, 9.17) is 0 Å². The lowest BCUT2D eigenvalue weighted by Crippen LogP contribution is -2.47. The van der Waals surface area contributed by atoms with Gasteiger partial charge in [0, 0.05) is 50.5 Å². The van der Waals surface area contributed by atoms with Gasteiger partial charge in [0.15, 0.2) is 0 Å². The summed E-state index contributed by atoms with van der Waals surface area (Å²) in [5, 5.41) is 21.3. The van der Waals surface area contributed by atoms with E-state index in [9.17, 15) is 15.2 Å². The number of hydrogen-bond donors (Lipinski definition) is 1. The third-order valence-corrected chi connectivity index (χ3v) is 4.73. The van der Waals surface area contributed by atoms with Gasteiger partial charge in [-0.15, -0.1) is 0 Å². The molecule has 25 heavy (non-hydrogen) atoms. The summed E-state index contributed by atoms with van der Waals surface area (Å²) in [6.07, 6.45) is -0.718. The Morgan fingerprint density at radius 1 is 1.12 bits per heavy atom. The van der Waals surface area contributed by atoms with E-state index < -0.39 is 11.0 Å². The zero-order valence-electron chi connectivity index (χ0n) is 14.3. The van der Waals surface area contributed by atoms with Crippen molar-refractivity contribution in [3.8, 4) is 0 Å². The summed E-state index contributed by atoms with van der Waals surface area (Å²) in [6, 6.07) is 14.6. The Bertz CT molecular complexity index is 742. The van der Waals surface area contributed by atoms with Crippen LogP contribution in [0, 0.1) is 17.0 Å². The van der Waals surface area contributed by atoms with Crippen LogP contribution in [0.25, 0.3) is 0 Å². The number of nitro benzene ring substituents is 1. The number of β-amino-alcohol motifs (C(OH)–C–C–N with tert-alkyl or cyclic N) is 1. The molecule has 1 aliphatic rings. The van der Waals surface area contributed by atoms with E-state index in [1.807, 2.05) is 6.07 Å². The van der Waals surface area contributed by atoms with Crippen molar-refractivity contribution >= 4 is 11.4 Å². The number of anilines is 1. The molecule has 1 unspecified atom stereocenters. The number of aryl methyl sites for hydroxylation is 1. The second-order valence-electron chi connectivity index (χ2n) is 6.44. The Morgan fingerprint density at radius 2 is 1.84 bits per heavy atom. The first kappa shape index (κ1) is 17.4. The molecule has 0 amide bonds.